The van der Waals surface area contributed by atoms with Gasteiger partial charge in [0.2, 0.25) is 0 Å². The lowest BCUT2D eigenvalue weighted by molar-refractivity contribution is -0.142. The molecule has 1 unspecified atom stereocenters. The van der Waals surface area contributed by atoms with Crippen LogP contribution in [-0.2, 0) is 21.4 Å². The van der Waals surface area contributed by atoms with Gasteiger partial charge >= 0.3 is 5.97 Å². The summed E-state index contributed by atoms with van der Waals surface area (Å²) in [6.07, 6.45) is 3.86. The number of sulfonamides is 1. The van der Waals surface area contributed by atoms with E-state index in [-0.39, 0.29) is 11.6 Å². The minimum Gasteiger partial charge on any atom is -0.481 e. The number of rotatable bonds is 4. The summed E-state index contributed by atoms with van der Waals surface area (Å²) in [6, 6.07) is 0. The van der Waals surface area contributed by atoms with Crippen molar-refractivity contribution in [2.45, 2.75) is 31.3 Å². The van der Waals surface area contributed by atoms with Crippen LogP contribution in [0.3, 0.4) is 0 Å². The molecule has 1 N–H and O–H groups in total. The van der Waals surface area contributed by atoms with E-state index in [1.165, 1.54) is 16.8 Å². The molecule has 0 amide bonds. The fourth-order valence-corrected chi connectivity index (χ4v) is 3.93. The predicted octanol–water partition coefficient (Wildman–Crippen LogP) is 0.388. The first kappa shape index (κ1) is 14.0. The SMILES string of the molecule is CCn1cncc1S(=O)(=O)N1CCCC(C(=O)O)C1. The molecule has 0 aliphatic carbocycles. The van der Waals surface area contributed by atoms with Crippen molar-refractivity contribution in [2.24, 2.45) is 5.92 Å². The van der Waals surface area contributed by atoms with Gasteiger partial charge in [-0.05, 0) is 19.8 Å². The maximum atomic E-state index is 12.5. The third-order valence-corrected chi connectivity index (χ3v) is 5.23. The van der Waals surface area contributed by atoms with E-state index in [0.29, 0.717) is 25.9 Å². The zero-order valence-corrected chi connectivity index (χ0v) is 11.5. The Kier molecular flexibility index (Phi) is 3.91. The molecule has 1 saturated heterocycles. The maximum Gasteiger partial charge on any atom is 0.307 e. The predicted molar refractivity (Wildman–Crippen MR) is 67.0 cm³/mol. The molecule has 1 aliphatic heterocycles. The van der Waals surface area contributed by atoms with Gasteiger partial charge in [-0.15, -0.1) is 0 Å². The van der Waals surface area contributed by atoms with E-state index < -0.39 is 21.9 Å². The summed E-state index contributed by atoms with van der Waals surface area (Å²) in [4.78, 5) is 14.8. The van der Waals surface area contributed by atoms with Crippen LogP contribution >= 0.6 is 0 Å². The van der Waals surface area contributed by atoms with Crippen molar-refractivity contribution in [3.8, 4) is 0 Å². The second-order valence-electron chi connectivity index (χ2n) is 4.56. The van der Waals surface area contributed by atoms with Crippen molar-refractivity contribution < 1.29 is 18.3 Å². The second kappa shape index (κ2) is 5.30. The summed E-state index contributed by atoms with van der Waals surface area (Å²) in [7, 11) is -3.66. The summed E-state index contributed by atoms with van der Waals surface area (Å²) in [5.74, 6) is -1.56. The third kappa shape index (κ3) is 2.64. The van der Waals surface area contributed by atoms with Gasteiger partial charge in [0.1, 0.15) is 0 Å². The van der Waals surface area contributed by atoms with Gasteiger partial charge < -0.3 is 9.67 Å². The van der Waals surface area contributed by atoms with E-state index in [1.54, 1.807) is 4.57 Å². The molecule has 8 heteroatoms. The first-order valence-electron chi connectivity index (χ1n) is 6.20. The minimum absolute atomic E-state index is 0.0343. The molecule has 0 bridgehead atoms. The number of hydrogen-bond acceptors (Lipinski definition) is 4. The number of aryl methyl sites for hydroxylation is 1. The van der Waals surface area contributed by atoms with Crippen LogP contribution in [0.25, 0.3) is 0 Å². The molecule has 0 aromatic carbocycles. The molecular formula is C11H17N3O4S. The lowest BCUT2D eigenvalue weighted by Gasteiger charge is -2.29. The molecule has 1 atom stereocenters. The number of piperidine rings is 1. The van der Waals surface area contributed by atoms with Gasteiger partial charge in [-0.25, -0.2) is 13.4 Å². The number of nitrogens with zero attached hydrogens (tertiary/aromatic N) is 3. The van der Waals surface area contributed by atoms with Crippen LogP contribution in [0, 0.1) is 5.92 Å². The van der Waals surface area contributed by atoms with Crippen molar-refractivity contribution >= 4 is 16.0 Å². The van der Waals surface area contributed by atoms with E-state index >= 15 is 0 Å². The summed E-state index contributed by atoms with van der Waals surface area (Å²) in [5, 5.41) is 9.14. The fourth-order valence-electron chi connectivity index (χ4n) is 2.26. The number of imidazole rings is 1. The summed E-state index contributed by atoms with van der Waals surface area (Å²) >= 11 is 0. The Bertz CT molecular complexity index is 566. The summed E-state index contributed by atoms with van der Waals surface area (Å²) in [6.45, 7) is 2.73. The molecule has 19 heavy (non-hydrogen) atoms. The molecule has 2 rings (SSSR count). The van der Waals surface area contributed by atoms with Crippen molar-refractivity contribution in [2.75, 3.05) is 13.1 Å². The summed E-state index contributed by atoms with van der Waals surface area (Å²) < 4.78 is 27.7. The highest BCUT2D eigenvalue weighted by atomic mass is 32.2. The van der Waals surface area contributed by atoms with Crippen LogP contribution in [-0.4, -0.2) is 46.4 Å². The third-order valence-electron chi connectivity index (χ3n) is 3.35. The van der Waals surface area contributed by atoms with Gasteiger partial charge in [0.15, 0.2) is 5.03 Å². The topological polar surface area (TPSA) is 92.5 Å². The van der Waals surface area contributed by atoms with E-state index in [9.17, 15) is 13.2 Å². The lowest BCUT2D eigenvalue weighted by Crippen LogP contribution is -2.42. The Balaban J connectivity index is 2.27. The molecule has 7 nitrogen and oxygen atoms in total. The first-order valence-corrected chi connectivity index (χ1v) is 7.64. The normalized spacial score (nSPS) is 21.4. The van der Waals surface area contributed by atoms with E-state index in [2.05, 4.69) is 4.98 Å². The van der Waals surface area contributed by atoms with E-state index in [4.69, 9.17) is 5.11 Å². The Morgan fingerprint density at radius 2 is 2.32 bits per heavy atom. The number of carboxylic acid groups (broad SMARTS) is 1. The van der Waals surface area contributed by atoms with Crippen molar-refractivity contribution in [1.29, 1.82) is 0 Å². The first-order chi connectivity index (χ1) is 8.96. The maximum absolute atomic E-state index is 12.5. The quantitative estimate of drug-likeness (QED) is 0.864. The van der Waals surface area contributed by atoms with Crippen LogP contribution in [0.15, 0.2) is 17.6 Å². The number of carbonyl (C=O) groups is 1. The Morgan fingerprint density at radius 1 is 1.58 bits per heavy atom. The number of aromatic nitrogens is 2. The van der Waals surface area contributed by atoms with Crippen LogP contribution < -0.4 is 0 Å². The molecular weight excluding hydrogens is 270 g/mol. The Labute approximate surface area is 111 Å². The molecule has 1 aromatic heterocycles. The molecule has 0 radical (unpaired) electrons. The van der Waals surface area contributed by atoms with Crippen LogP contribution in [0.2, 0.25) is 0 Å². The monoisotopic (exact) mass is 287 g/mol. The Morgan fingerprint density at radius 3 is 2.95 bits per heavy atom. The average Bonchev–Trinajstić information content (AvgIpc) is 2.88. The second-order valence-corrected chi connectivity index (χ2v) is 6.44. The number of aliphatic carboxylic acids is 1. The highest BCUT2D eigenvalue weighted by molar-refractivity contribution is 7.89. The van der Waals surface area contributed by atoms with Gasteiger partial charge in [0, 0.05) is 19.6 Å². The van der Waals surface area contributed by atoms with E-state index in [1.807, 2.05) is 6.92 Å². The summed E-state index contributed by atoms with van der Waals surface area (Å²) in [5.41, 5.74) is 0. The van der Waals surface area contributed by atoms with Crippen LogP contribution in [0.5, 0.6) is 0 Å². The fraction of sp³-hybridized carbons (Fsp3) is 0.636. The molecule has 106 valence electrons. The molecule has 1 aromatic rings. The zero-order chi connectivity index (χ0) is 14.0. The van der Waals surface area contributed by atoms with Gasteiger partial charge in [-0.1, -0.05) is 0 Å². The molecule has 0 saturated carbocycles. The minimum atomic E-state index is -3.66. The molecule has 1 aliphatic rings. The molecule has 2 heterocycles. The zero-order valence-electron chi connectivity index (χ0n) is 10.7. The van der Waals surface area contributed by atoms with E-state index in [0.717, 1.165) is 0 Å². The van der Waals surface area contributed by atoms with Crippen molar-refractivity contribution in [3.63, 3.8) is 0 Å². The largest absolute Gasteiger partial charge is 0.481 e. The van der Waals surface area contributed by atoms with Crippen molar-refractivity contribution in [3.05, 3.63) is 12.5 Å². The number of carboxylic acids is 1. The van der Waals surface area contributed by atoms with Gasteiger partial charge in [-0.3, -0.25) is 4.79 Å². The lowest BCUT2D eigenvalue weighted by atomic mass is 10.0. The van der Waals surface area contributed by atoms with Gasteiger partial charge in [0.05, 0.1) is 18.4 Å². The van der Waals surface area contributed by atoms with Gasteiger partial charge in [0.25, 0.3) is 10.0 Å². The highest BCUT2D eigenvalue weighted by Crippen LogP contribution is 2.23. The van der Waals surface area contributed by atoms with Crippen molar-refractivity contribution in [1.82, 2.24) is 13.9 Å². The molecule has 0 spiro atoms. The van der Waals surface area contributed by atoms with Crippen LogP contribution in [0.4, 0.5) is 0 Å². The number of hydrogen-bond donors (Lipinski definition) is 1. The van der Waals surface area contributed by atoms with Gasteiger partial charge in [-0.2, -0.15) is 4.31 Å². The molecule has 1 fully saturated rings. The smallest absolute Gasteiger partial charge is 0.307 e. The Hall–Kier alpha value is -1.41. The standard InChI is InChI=1S/C11H17N3O4S/c1-2-13-8-12-6-10(13)19(17,18)14-5-3-4-9(7-14)11(15)16/h6,8-9H,2-5,7H2,1H3,(H,15,16). The highest BCUT2D eigenvalue weighted by Gasteiger charge is 2.34. The average molecular weight is 287 g/mol. The van der Waals surface area contributed by atoms with Crippen LogP contribution in [0.1, 0.15) is 19.8 Å².